The van der Waals surface area contributed by atoms with Crippen LogP contribution >= 0.6 is 0 Å². The number of ether oxygens (including phenoxy) is 1. The van der Waals surface area contributed by atoms with Gasteiger partial charge in [0.2, 0.25) is 0 Å². The van der Waals surface area contributed by atoms with Crippen molar-refractivity contribution in [1.29, 1.82) is 0 Å². The number of aliphatic hydroxyl groups excluding tert-OH is 3. The van der Waals surface area contributed by atoms with Crippen molar-refractivity contribution in [2.75, 3.05) is 31.6 Å². The van der Waals surface area contributed by atoms with Crippen LogP contribution in [0.1, 0.15) is 56.8 Å². The van der Waals surface area contributed by atoms with Crippen molar-refractivity contribution in [1.82, 2.24) is 35.1 Å². The fraction of sp³-hybridized carbons (Fsp3) is 0.471. The van der Waals surface area contributed by atoms with E-state index < -0.39 is 31.1 Å². The first-order valence-electron chi connectivity index (χ1n) is 16.1. The highest BCUT2D eigenvalue weighted by Crippen LogP contribution is 2.33. The molecule has 13 nitrogen and oxygen atoms in total. The Hall–Kier alpha value is -4.14. The molecule has 0 aliphatic carbocycles. The first-order chi connectivity index (χ1) is 22.7. The highest BCUT2D eigenvalue weighted by Gasteiger charge is 2.44. The molecule has 4 aromatic rings. The maximum Gasteiger partial charge on any atom is 0.315 e. The van der Waals surface area contributed by atoms with E-state index in [0.717, 1.165) is 11.1 Å². The SMILES string of the molecule is CC(C)N(CCNC(=O)NCc1nc(NCC(c2ccccc2)c2ccccc2)c2ncn(C3O[C@H](CO)C(O)C3O)c2n1)C(C)C. The van der Waals surface area contributed by atoms with Crippen molar-refractivity contribution < 1.29 is 24.9 Å². The van der Waals surface area contributed by atoms with E-state index >= 15 is 0 Å². The maximum atomic E-state index is 12.8. The summed E-state index contributed by atoms with van der Waals surface area (Å²) in [6, 6.07) is 20.7. The Labute approximate surface area is 275 Å². The molecule has 252 valence electrons. The standard InChI is InChI=1S/C34H46N8O5/c1-21(2)41(22(3)4)16-15-35-34(46)37-18-27-39-31(36-17-25(23-11-7-5-8-12-23)24-13-9-6-10-14-24)28-32(40-27)42(20-38-28)33-30(45)29(44)26(19-43)47-33/h5-14,20-22,25-26,29-30,33,43-45H,15-19H2,1-4H3,(H2,35,37,46)(H,36,39,40)/t26-,29?,30?,33?/m1/s1. The van der Waals surface area contributed by atoms with Gasteiger partial charge >= 0.3 is 6.03 Å². The van der Waals surface area contributed by atoms with Crippen molar-refractivity contribution >= 4 is 23.0 Å². The van der Waals surface area contributed by atoms with E-state index in [4.69, 9.17) is 9.72 Å². The topological polar surface area (TPSA) is 170 Å². The summed E-state index contributed by atoms with van der Waals surface area (Å²) in [6.07, 6.45) is -3.14. The predicted molar refractivity (Wildman–Crippen MR) is 179 cm³/mol. The number of amides is 2. The molecule has 2 aromatic heterocycles. The van der Waals surface area contributed by atoms with Gasteiger partial charge in [-0.1, -0.05) is 60.7 Å². The quantitative estimate of drug-likeness (QED) is 0.120. The lowest BCUT2D eigenvalue weighted by Gasteiger charge is -2.30. The maximum absolute atomic E-state index is 12.8. The van der Waals surface area contributed by atoms with Crippen molar-refractivity contribution in [3.63, 3.8) is 0 Å². The Bertz CT molecular complexity index is 1540. The summed E-state index contributed by atoms with van der Waals surface area (Å²) in [5.41, 5.74) is 3.02. The molecule has 0 bridgehead atoms. The number of carbonyl (C=O) groups excluding carboxylic acids is 1. The third-order valence-electron chi connectivity index (χ3n) is 8.53. The second kappa shape index (κ2) is 15.6. The summed E-state index contributed by atoms with van der Waals surface area (Å²) >= 11 is 0. The van der Waals surface area contributed by atoms with Gasteiger partial charge in [0.25, 0.3) is 0 Å². The molecule has 4 atom stereocenters. The van der Waals surface area contributed by atoms with E-state index in [2.05, 4.69) is 82.8 Å². The molecular formula is C34H46N8O5. The average molecular weight is 647 g/mol. The second-order valence-corrected chi connectivity index (χ2v) is 12.3. The van der Waals surface area contributed by atoms with E-state index in [1.807, 2.05) is 36.4 Å². The summed E-state index contributed by atoms with van der Waals surface area (Å²) in [7, 11) is 0. The van der Waals surface area contributed by atoms with Crippen LogP contribution in [0.4, 0.5) is 10.6 Å². The predicted octanol–water partition coefficient (Wildman–Crippen LogP) is 2.60. The molecule has 0 spiro atoms. The van der Waals surface area contributed by atoms with Crippen LogP contribution in [0.25, 0.3) is 11.2 Å². The molecule has 5 rings (SSSR count). The Balaban J connectivity index is 1.40. The first kappa shape index (κ1) is 34.2. The highest BCUT2D eigenvalue weighted by molar-refractivity contribution is 5.83. The molecule has 6 N–H and O–H groups in total. The van der Waals surface area contributed by atoms with Crippen LogP contribution in [-0.4, -0.2) is 102 Å². The number of urea groups is 1. The van der Waals surface area contributed by atoms with Gasteiger partial charge in [0.15, 0.2) is 29.0 Å². The van der Waals surface area contributed by atoms with Gasteiger partial charge in [0.05, 0.1) is 19.5 Å². The fourth-order valence-corrected chi connectivity index (χ4v) is 6.09. The Kier molecular flexibility index (Phi) is 11.4. The Morgan fingerprint density at radius 3 is 2.15 bits per heavy atom. The van der Waals surface area contributed by atoms with Crippen LogP contribution in [-0.2, 0) is 11.3 Å². The van der Waals surface area contributed by atoms with Gasteiger partial charge in [0.1, 0.15) is 18.3 Å². The summed E-state index contributed by atoms with van der Waals surface area (Å²) in [6.45, 7) is 9.77. The minimum Gasteiger partial charge on any atom is -0.394 e. The van der Waals surface area contributed by atoms with E-state index in [-0.39, 0.29) is 18.5 Å². The lowest BCUT2D eigenvalue weighted by Crippen LogP contribution is -2.44. The summed E-state index contributed by atoms with van der Waals surface area (Å²) in [5, 5.41) is 40.0. The van der Waals surface area contributed by atoms with Gasteiger partial charge in [-0.15, -0.1) is 0 Å². The van der Waals surface area contributed by atoms with Crippen LogP contribution in [0.2, 0.25) is 0 Å². The number of imidazole rings is 1. The van der Waals surface area contributed by atoms with Crippen molar-refractivity contribution in [2.45, 2.75) is 76.8 Å². The largest absolute Gasteiger partial charge is 0.394 e. The van der Waals surface area contributed by atoms with Gasteiger partial charge in [-0.25, -0.2) is 19.7 Å². The zero-order chi connectivity index (χ0) is 33.5. The van der Waals surface area contributed by atoms with E-state index in [1.165, 1.54) is 10.9 Å². The lowest BCUT2D eigenvalue weighted by atomic mass is 9.91. The molecule has 13 heteroatoms. The van der Waals surface area contributed by atoms with Gasteiger partial charge in [-0.05, 0) is 38.8 Å². The smallest absolute Gasteiger partial charge is 0.315 e. The van der Waals surface area contributed by atoms with Gasteiger partial charge in [0, 0.05) is 37.6 Å². The second-order valence-electron chi connectivity index (χ2n) is 12.3. The number of aromatic nitrogens is 4. The van der Waals surface area contributed by atoms with Crippen molar-refractivity contribution in [3.8, 4) is 0 Å². The zero-order valence-electron chi connectivity index (χ0n) is 27.3. The van der Waals surface area contributed by atoms with Gasteiger partial charge in [-0.2, -0.15) is 0 Å². The van der Waals surface area contributed by atoms with Gasteiger partial charge < -0.3 is 36.0 Å². The number of carbonyl (C=O) groups is 1. The Morgan fingerprint density at radius 2 is 1.57 bits per heavy atom. The first-order valence-corrected chi connectivity index (χ1v) is 16.1. The van der Waals surface area contributed by atoms with E-state index in [0.29, 0.717) is 54.5 Å². The number of nitrogens with zero attached hydrogens (tertiary/aromatic N) is 5. The zero-order valence-corrected chi connectivity index (χ0v) is 27.3. The number of aliphatic hydroxyl groups is 3. The summed E-state index contributed by atoms with van der Waals surface area (Å²) in [4.78, 5) is 29.0. The molecule has 1 aliphatic heterocycles. The monoisotopic (exact) mass is 646 g/mol. The van der Waals surface area contributed by atoms with Crippen molar-refractivity contribution in [2.24, 2.45) is 0 Å². The van der Waals surface area contributed by atoms with Crippen LogP contribution in [0.5, 0.6) is 0 Å². The van der Waals surface area contributed by atoms with Crippen LogP contribution in [0.15, 0.2) is 67.0 Å². The molecule has 2 aromatic carbocycles. The lowest BCUT2D eigenvalue weighted by molar-refractivity contribution is -0.0511. The third-order valence-corrected chi connectivity index (χ3v) is 8.53. The number of rotatable bonds is 14. The Morgan fingerprint density at radius 1 is 0.936 bits per heavy atom. The average Bonchev–Trinajstić information content (AvgIpc) is 3.62. The molecule has 0 saturated carbocycles. The molecule has 1 aliphatic rings. The molecule has 1 saturated heterocycles. The number of fused-ring (bicyclic) bond motifs is 1. The van der Waals surface area contributed by atoms with E-state index in [1.54, 1.807) is 0 Å². The van der Waals surface area contributed by atoms with Crippen LogP contribution in [0, 0.1) is 0 Å². The van der Waals surface area contributed by atoms with Crippen LogP contribution in [0.3, 0.4) is 0 Å². The molecule has 0 radical (unpaired) electrons. The molecule has 3 heterocycles. The van der Waals surface area contributed by atoms with Crippen LogP contribution < -0.4 is 16.0 Å². The molecular weight excluding hydrogens is 600 g/mol. The summed E-state index contributed by atoms with van der Waals surface area (Å²) < 4.78 is 7.31. The normalized spacial score (nSPS) is 19.7. The third kappa shape index (κ3) is 8.06. The van der Waals surface area contributed by atoms with E-state index in [9.17, 15) is 20.1 Å². The number of hydrogen-bond acceptors (Lipinski definition) is 10. The molecule has 2 amide bonds. The minimum atomic E-state index is -1.32. The van der Waals surface area contributed by atoms with Crippen molar-refractivity contribution in [3.05, 3.63) is 83.9 Å². The molecule has 47 heavy (non-hydrogen) atoms. The minimum absolute atomic E-state index is 0.00598. The summed E-state index contributed by atoms with van der Waals surface area (Å²) in [5.74, 6) is 0.748. The molecule has 1 fully saturated rings. The molecule has 3 unspecified atom stereocenters. The number of nitrogens with one attached hydrogen (secondary N) is 3. The fourth-order valence-electron chi connectivity index (χ4n) is 6.09. The number of benzene rings is 2. The van der Waals surface area contributed by atoms with Gasteiger partial charge in [-0.3, -0.25) is 9.47 Å². The number of anilines is 1. The number of hydrogen-bond donors (Lipinski definition) is 6. The highest BCUT2D eigenvalue weighted by atomic mass is 16.6.